The number of hydrogen-bond acceptors (Lipinski definition) is 8. The number of nitrogens with zero attached hydrogens (tertiary/aromatic N) is 3. The van der Waals surface area contributed by atoms with Gasteiger partial charge in [0.15, 0.2) is 11.6 Å². The van der Waals surface area contributed by atoms with Crippen LogP contribution >= 0.6 is 0 Å². The molecule has 5 N–H and O–H groups in total. The molecule has 1 heterocycles. The Morgan fingerprint density at radius 2 is 2.13 bits per heavy atom. The fraction of sp³-hybridized carbons (Fsp3) is 0.263. The molecule has 2 rings (SSSR count). The number of carbonyl (C=O) groups excluding carboxylic acids is 1. The maximum atomic E-state index is 13.9. The van der Waals surface area contributed by atoms with Crippen LogP contribution in [0.2, 0.25) is 0 Å². The van der Waals surface area contributed by atoms with Gasteiger partial charge in [0.25, 0.3) is 0 Å². The second kappa shape index (κ2) is 10.7. The molecule has 0 bridgehead atoms. The summed E-state index contributed by atoms with van der Waals surface area (Å²) in [5.74, 6) is -1.13. The van der Waals surface area contributed by atoms with Crippen LogP contribution in [0, 0.1) is 18.6 Å². The molecular formula is C19H23F2N7O2. The summed E-state index contributed by atoms with van der Waals surface area (Å²) in [4.78, 5) is 23.7. The molecule has 0 aliphatic heterocycles. The third-order valence-electron chi connectivity index (χ3n) is 3.89. The van der Waals surface area contributed by atoms with Gasteiger partial charge in [-0.1, -0.05) is 0 Å². The van der Waals surface area contributed by atoms with Crippen molar-refractivity contribution in [3.8, 4) is 5.75 Å². The molecule has 1 aromatic heterocycles. The lowest BCUT2D eigenvalue weighted by Crippen LogP contribution is -2.20. The van der Waals surface area contributed by atoms with Gasteiger partial charge < -0.3 is 26.4 Å². The van der Waals surface area contributed by atoms with Crippen LogP contribution in [0.5, 0.6) is 5.75 Å². The number of aliphatic imine (C=N–C) groups is 1. The van der Waals surface area contributed by atoms with Crippen LogP contribution in [-0.4, -0.2) is 42.8 Å². The fourth-order valence-corrected chi connectivity index (χ4v) is 2.39. The quantitative estimate of drug-likeness (QED) is 0.456. The zero-order valence-corrected chi connectivity index (χ0v) is 16.8. The highest BCUT2D eigenvalue weighted by Gasteiger charge is 2.13. The van der Waals surface area contributed by atoms with Gasteiger partial charge in [0.1, 0.15) is 18.2 Å². The predicted molar refractivity (Wildman–Crippen MR) is 110 cm³/mol. The van der Waals surface area contributed by atoms with Gasteiger partial charge in [-0.2, -0.15) is 4.98 Å². The van der Waals surface area contributed by atoms with Gasteiger partial charge in [0, 0.05) is 49.4 Å². The standard InChI is InChI=1S/C19H23F2N7O2/c1-11-7-26-19(27-14(6-22)9-24-10-16(29)23-2)28-18(11)25-8-12-4-13(20)5-15(21)17(12)30-3/h4-7,9H,8,10,22H2,1-3H3,(H,23,29)(H2,25,26,27,28). The van der Waals surface area contributed by atoms with Crippen molar-refractivity contribution in [3.63, 3.8) is 0 Å². The molecule has 0 atom stereocenters. The van der Waals surface area contributed by atoms with Crippen LogP contribution in [0.3, 0.4) is 0 Å². The lowest BCUT2D eigenvalue weighted by atomic mass is 10.2. The number of methoxy groups -OCH3 is 1. The lowest BCUT2D eigenvalue weighted by Gasteiger charge is -2.13. The number of carbonyl (C=O) groups is 1. The Labute approximate surface area is 172 Å². The zero-order chi connectivity index (χ0) is 22.1. The molecule has 0 aliphatic carbocycles. The Bertz CT molecular complexity index is 964. The highest BCUT2D eigenvalue weighted by Crippen LogP contribution is 2.25. The molecule has 9 nitrogen and oxygen atoms in total. The van der Waals surface area contributed by atoms with E-state index in [-0.39, 0.29) is 30.7 Å². The first-order chi connectivity index (χ1) is 14.4. The van der Waals surface area contributed by atoms with Gasteiger partial charge in [-0.15, -0.1) is 0 Å². The molecule has 1 aromatic carbocycles. The van der Waals surface area contributed by atoms with Crippen LogP contribution in [-0.2, 0) is 11.3 Å². The molecule has 2 aromatic rings. The average Bonchev–Trinajstić information content (AvgIpc) is 2.72. The summed E-state index contributed by atoms with van der Waals surface area (Å²) in [6, 6.07) is 1.94. The molecule has 0 radical (unpaired) electrons. The van der Waals surface area contributed by atoms with Crippen LogP contribution in [0.25, 0.3) is 0 Å². The maximum Gasteiger partial charge on any atom is 0.241 e. The van der Waals surface area contributed by atoms with Gasteiger partial charge in [0.2, 0.25) is 11.9 Å². The van der Waals surface area contributed by atoms with Gasteiger partial charge in [-0.25, -0.2) is 13.8 Å². The number of aromatic nitrogens is 2. The number of allylic oxidation sites excluding steroid dienone is 1. The van der Waals surface area contributed by atoms with Crippen molar-refractivity contribution in [2.24, 2.45) is 10.7 Å². The highest BCUT2D eigenvalue weighted by atomic mass is 19.1. The molecule has 0 fully saturated rings. The third-order valence-corrected chi connectivity index (χ3v) is 3.89. The topological polar surface area (TPSA) is 127 Å². The Morgan fingerprint density at radius 1 is 1.37 bits per heavy atom. The van der Waals surface area contributed by atoms with E-state index in [2.05, 4.69) is 30.9 Å². The van der Waals surface area contributed by atoms with Crippen molar-refractivity contribution in [1.29, 1.82) is 0 Å². The molecule has 0 spiro atoms. The molecule has 1 amide bonds. The van der Waals surface area contributed by atoms with E-state index in [0.29, 0.717) is 22.6 Å². The van der Waals surface area contributed by atoms with E-state index >= 15 is 0 Å². The summed E-state index contributed by atoms with van der Waals surface area (Å²) in [6.45, 7) is 1.80. The van der Waals surface area contributed by atoms with E-state index in [1.54, 1.807) is 13.1 Å². The number of nitrogens with one attached hydrogen (secondary N) is 3. The Morgan fingerprint density at radius 3 is 2.80 bits per heavy atom. The summed E-state index contributed by atoms with van der Waals surface area (Å²) in [5.41, 5.74) is 6.95. The minimum atomic E-state index is -0.787. The van der Waals surface area contributed by atoms with E-state index in [9.17, 15) is 13.6 Å². The number of ether oxygens (including phenoxy) is 1. The second-order valence-electron chi connectivity index (χ2n) is 6.05. The number of aryl methyl sites for hydroxylation is 1. The summed E-state index contributed by atoms with van der Waals surface area (Å²) < 4.78 is 32.4. The predicted octanol–water partition coefficient (Wildman–Crippen LogP) is 1.71. The van der Waals surface area contributed by atoms with Gasteiger partial charge in [-0.3, -0.25) is 9.79 Å². The Balaban J connectivity index is 2.13. The van der Waals surface area contributed by atoms with Crippen LogP contribution in [0.1, 0.15) is 11.1 Å². The minimum Gasteiger partial charge on any atom is -0.493 e. The third kappa shape index (κ3) is 6.12. The Kier molecular flexibility index (Phi) is 8.03. The SMILES string of the molecule is CNC(=O)CN=CC(=CN)Nc1ncc(C)c(NCc2cc(F)cc(F)c2OC)n1. The fourth-order valence-electron chi connectivity index (χ4n) is 2.39. The molecule has 0 unspecified atom stereocenters. The molecular weight excluding hydrogens is 396 g/mol. The number of amides is 1. The molecule has 11 heteroatoms. The molecule has 0 saturated carbocycles. The van der Waals surface area contributed by atoms with E-state index in [0.717, 1.165) is 6.07 Å². The first-order valence-corrected chi connectivity index (χ1v) is 8.86. The largest absolute Gasteiger partial charge is 0.493 e. The van der Waals surface area contributed by atoms with Crippen molar-refractivity contribution >= 4 is 23.9 Å². The van der Waals surface area contributed by atoms with Gasteiger partial charge >= 0.3 is 0 Å². The summed E-state index contributed by atoms with van der Waals surface area (Å²) >= 11 is 0. The number of anilines is 2. The molecule has 30 heavy (non-hydrogen) atoms. The number of rotatable bonds is 9. The lowest BCUT2D eigenvalue weighted by molar-refractivity contribution is -0.119. The van der Waals surface area contributed by atoms with E-state index in [4.69, 9.17) is 10.5 Å². The van der Waals surface area contributed by atoms with Crippen molar-refractivity contribution in [2.75, 3.05) is 31.3 Å². The molecule has 0 saturated heterocycles. The van der Waals surface area contributed by atoms with E-state index < -0.39 is 11.6 Å². The highest BCUT2D eigenvalue weighted by molar-refractivity contribution is 5.85. The summed E-state index contributed by atoms with van der Waals surface area (Å²) in [7, 11) is 2.82. The zero-order valence-electron chi connectivity index (χ0n) is 16.8. The number of halogens is 2. The van der Waals surface area contributed by atoms with Crippen LogP contribution in [0.15, 0.2) is 35.2 Å². The second-order valence-corrected chi connectivity index (χ2v) is 6.05. The Hall–Kier alpha value is -3.76. The van der Waals surface area contributed by atoms with Crippen LogP contribution in [0.4, 0.5) is 20.5 Å². The maximum absolute atomic E-state index is 13.9. The van der Waals surface area contributed by atoms with Gasteiger partial charge in [0.05, 0.1) is 12.8 Å². The first-order valence-electron chi connectivity index (χ1n) is 8.86. The molecule has 160 valence electrons. The van der Waals surface area contributed by atoms with Crippen molar-refractivity contribution < 1.29 is 18.3 Å². The minimum absolute atomic E-state index is 0.0466. The van der Waals surface area contributed by atoms with E-state index in [1.807, 2.05) is 0 Å². The van der Waals surface area contributed by atoms with Gasteiger partial charge in [-0.05, 0) is 13.0 Å². The van der Waals surface area contributed by atoms with Crippen molar-refractivity contribution in [1.82, 2.24) is 15.3 Å². The number of likely N-dealkylation sites (N-methyl/N-ethyl adjacent to an activating group) is 1. The van der Waals surface area contributed by atoms with Crippen molar-refractivity contribution in [3.05, 3.63) is 53.0 Å². The monoisotopic (exact) mass is 419 g/mol. The first kappa shape index (κ1) is 22.5. The molecule has 0 aliphatic rings. The van der Waals surface area contributed by atoms with Crippen LogP contribution < -0.4 is 26.4 Å². The smallest absolute Gasteiger partial charge is 0.241 e. The average molecular weight is 419 g/mol. The summed E-state index contributed by atoms with van der Waals surface area (Å²) in [5, 5.41) is 8.34. The number of hydrogen-bond donors (Lipinski definition) is 4. The number of nitrogens with two attached hydrogens (primary N) is 1. The normalized spacial score (nSPS) is 11.4. The summed E-state index contributed by atoms with van der Waals surface area (Å²) in [6.07, 6.45) is 4.20. The van der Waals surface area contributed by atoms with Crippen molar-refractivity contribution in [2.45, 2.75) is 13.5 Å². The van der Waals surface area contributed by atoms with E-state index in [1.165, 1.54) is 32.6 Å². The number of benzene rings is 1.